The second kappa shape index (κ2) is 7.28. The summed E-state index contributed by atoms with van der Waals surface area (Å²) in [5.41, 5.74) is 0.852. The number of carbonyl (C=O) groups is 1. The van der Waals surface area contributed by atoms with Crippen LogP contribution in [0, 0.1) is 0 Å². The molecule has 2 aliphatic heterocycles. The van der Waals surface area contributed by atoms with Crippen LogP contribution >= 0.6 is 0 Å². The normalized spacial score (nSPS) is 18.2. The monoisotopic (exact) mass is 387 g/mol. The van der Waals surface area contributed by atoms with Crippen LogP contribution in [-0.4, -0.2) is 43.2 Å². The number of amides is 1. The zero-order valence-electron chi connectivity index (χ0n) is 14.9. The van der Waals surface area contributed by atoms with Gasteiger partial charge in [0.2, 0.25) is 21.8 Å². The average Bonchev–Trinajstić information content (AvgIpc) is 3.35. The van der Waals surface area contributed by atoms with E-state index in [4.69, 9.17) is 4.74 Å². The molecule has 1 amide bonds. The van der Waals surface area contributed by atoms with Gasteiger partial charge in [-0.2, -0.15) is 4.31 Å². The lowest BCUT2D eigenvalue weighted by molar-refractivity contribution is -0.117. The number of pyridine rings is 1. The first kappa shape index (κ1) is 17.9. The summed E-state index contributed by atoms with van der Waals surface area (Å²) in [5, 5.41) is 0. The SMILES string of the molecule is O=C1CCCN1c1ccc(Oc2ccc(S(=O)(=O)N3CCCC3)cn2)cc1. The maximum atomic E-state index is 12.5. The molecular weight excluding hydrogens is 366 g/mol. The highest BCUT2D eigenvalue weighted by molar-refractivity contribution is 7.89. The molecule has 27 heavy (non-hydrogen) atoms. The maximum Gasteiger partial charge on any atom is 0.244 e. The van der Waals surface area contributed by atoms with Gasteiger partial charge in [-0.25, -0.2) is 13.4 Å². The molecule has 2 aromatic rings. The van der Waals surface area contributed by atoms with Gasteiger partial charge in [0.05, 0.1) is 6.20 Å². The number of hydrogen-bond acceptors (Lipinski definition) is 5. The average molecular weight is 387 g/mol. The summed E-state index contributed by atoms with van der Waals surface area (Å²) in [6.45, 7) is 1.87. The molecule has 0 radical (unpaired) electrons. The van der Waals surface area contributed by atoms with E-state index >= 15 is 0 Å². The largest absolute Gasteiger partial charge is 0.439 e. The Morgan fingerprint density at radius 3 is 2.26 bits per heavy atom. The van der Waals surface area contributed by atoms with Crippen molar-refractivity contribution in [3.8, 4) is 11.6 Å². The fourth-order valence-corrected chi connectivity index (χ4v) is 4.86. The molecule has 3 heterocycles. The van der Waals surface area contributed by atoms with Crippen molar-refractivity contribution in [3.63, 3.8) is 0 Å². The molecule has 0 saturated carbocycles. The fourth-order valence-electron chi connectivity index (χ4n) is 3.39. The predicted molar refractivity (Wildman–Crippen MR) is 100 cm³/mol. The minimum atomic E-state index is -3.47. The molecule has 0 aliphatic carbocycles. The van der Waals surface area contributed by atoms with Crippen LogP contribution in [-0.2, 0) is 14.8 Å². The number of aromatic nitrogens is 1. The van der Waals surface area contributed by atoms with Crippen molar-refractivity contribution in [3.05, 3.63) is 42.6 Å². The highest BCUT2D eigenvalue weighted by atomic mass is 32.2. The van der Waals surface area contributed by atoms with Gasteiger partial charge >= 0.3 is 0 Å². The lowest BCUT2D eigenvalue weighted by Gasteiger charge is -2.16. The van der Waals surface area contributed by atoms with Crippen LogP contribution in [0.2, 0.25) is 0 Å². The van der Waals surface area contributed by atoms with Gasteiger partial charge in [-0.3, -0.25) is 4.79 Å². The molecule has 0 unspecified atom stereocenters. The zero-order valence-corrected chi connectivity index (χ0v) is 15.7. The smallest absolute Gasteiger partial charge is 0.244 e. The molecule has 7 nitrogen and oxygen atoms in total. The number of nitrogens with zero attached hydrogens (tertiary/aromatic N) is 3. The Hall–Kier alpha value is -2.45. The molecule has 142 valence electrons. The number of ether oxygens (including phenoxy) is 1. The van der Waals surface area contributed by atoms with Gasteiger partial charge in [-0.1, -0.05) is 0 Å². The van der Waals surface area contributed by atoms with Gasteiger partial charge in [-0.05, 0) is 49.6 Å². The summed E-state index contributed by atoms with van der Waals surface area (Å²) in [4.78, 5) is 17.9. The van der Waals surface area contributed by atoms with E-state index in [-0.39, 0.29) is 10.8 Å². The molecule has 2 fully saturated rings. The highest BCUT2D eigenvalue weighted by Crippen LogP contribution is 2.27. The Balaban J connectivity index is 1.44. The molecule has 1 aromatic carbocycles. The third kappa shape index (κ3) is 3.68. The zero-order chi connectivity index (χ0) is 18.9. The predicted octanol–water partition coefficient (Wildman–Crippen LogP) is 2.79. The first-order valence-electron chi connectivity index (χ1n) is 9.08. The molecule has 0 bridgehead atoms. The summed E-state index contributed by atoms with van der Waals surface area (Å²) in [7, 11) is -3.47. The van der Waals surface area contributed by atoms with E-state index in [1.807, 2.05) is 12.1 Å². The summed E-state index contributed by atoms with van der Waals surface area (Å²) in [6, 6.07) is 10.3. The first-order valence-corrected chi connectivity index (χ1v) is 10.5. The number of rotatable bonds is 5. The van der Waals surface area contributed by atoms with E-state index < -0.39 is 10.0 Å². The molecule has 0 atom stereocenters. The van der Waals surface area contributed by atoms with E-state index in [0.29, 0.717) is 31.1 Å². The van der Waals surface area contributed by atoms with Crippen LogP contribution in [0.4, 0.5) is 5.69 Å². The van der Waals surface area contributed by atoms with E-state index in [1.54, 1.807) is 23.1 Å². The fraction of sp³-hybridized carbons (Fsp3) is 0.368. The standard InChI is InChI=1S/C19H21N3O4S/c23-19-4-3-13-22(19)15-5-7-16(8-6-15)26-18-10-9-17(14-20-18)27(24,25)21-11-1-2-12-21/h5-10,14H,1-4,11-13H2. The second-order valence-electron chi connectivity index (χ2n) is 6.69. The van der Waals surface area contributed by atoms with Crippen LogP contribution in [0.1, 0.15) is 25.7 Å². The molecule has 0 N–H and O–H groups in total. The lowest BCUT2D eigenvalue weighted by atomic mass is 10.3. The molecule has 2 aliphatic rings. The molecule has 2 saturated heterocycles. The molecule has 1 aromatic heterocycles. The molecule has 8 heteroatoms. The molecular formula is C19H21N3O4S. The van der Waals surface area contributed by atoms with Crippen molar-refractivity contribution >= 4 is 21.6 Å². The molecule has 0 spiro atoms. The lowest BCUT2D eigenvalue weighted by Crippen LogP contribution is -2.27. The topological polar surface area (TPSA) is 79.8 Å². The van der Waals surface area contributed by atoms with Crippen LogP contribution in [0.3, 0.4) is 0 Å². The number of benzene rings is 1. The van der Waals surface area contributed by atoms with E-state index in [9.17, 15) is 13.2 Å². The Kier molecular flexibility index (Phi) is 4.84. The van der Waals surface area contributed by atoms with Crippen LogP contribution in [0.25, 0.3) is 0 Å². The van der Waals surface area contributed by atoms with Crippen molar-refractivity contribution in [1.29, 1.82) is 0 Å². The minimum Gasteiger partial charge on any atom is -0.439 e. The van der Waals surface area contributed by atoms with E-state index in [1.165, 1.54) is 16.6 Å². The number of carbonyl (C=O) groups excluding carboxylic acids is 1. The Labute approximate surface area is 158 Å². The summed E-state index contributed by atoms with van der Waals surface area (Å²) < 4.78 is 32.2. The van der Waals surface area contributed by atoms with Crippen molar-refractivity contribution in [2.75, 3.05) is 24.5 Å². The third-order valence-corrected chi connectivity index (χ3v) is 6.74. The quantitative estimate of drug-likeness (QED) is 0.788. The van der Waals surface area contributed by atoms with E-state index in [2.05, 4.69) is 4.98 Å². The van der Waals surface area contributed by atoms with Crippen LogP contribution < -0.4 is 9.64 Å². The first-order chi connectivity index (χ1) is 13.0. The van der Waals surface area contributed by atoms with Gasteiger partial charge in [0, 0.05) is 37.8 Å². The maximum absolute atomic E-state index is 12.5. The van der Waals surface area contributed by atoms with Crippen molar-refractivity contribution in [2.45, 2.75) is 30.6 Å². The molecule has 4 rings (SSSR count). The Morgan fingerprint density at radius 2 is 1.67 bits per heavy atom. The van der Waals surface area contributed by atoms with Crippen LogP contribution in [0.5, 0.6) is 11.6 Å². The highest BCUT2D eigenvalue weighted by Gasteiger charge is 2.27. The summed E-state index contributed by atoms with van der Waals surface area (Å²) >= 11 is 0. The Morgan fingerprint density at radius 1 is 0.926 bits per heavy atom. The Bertz CT molecular complexity index is 920. The van der Waals surface area contributed by atoms with Gasteiger partial charge in [0.15, 0.2) is 0 Å². The van der Waals surface area contributed by atoms with Crippen molar-refractivity contribution in [1.82, 2.24) is 9.29 Å². The summed E-state index contributed by atoms with van der Waals surface area (Å²) in [6.07, 6.45) is 4.60. The van der Waals surface area contributed by atoms with Crippen LogP contribution in [0.15, 0.2) is 47.5 Å². The summed E-state index contributed by atoms with van der Waals surface area (Å²) in [5.74, 6) is 1.04. The van der Waals surface area contributed by atoms with Gasteiger partial charge < -0.3 is 9.64 Å². The van der Waals surface area contributed by atoms with E-state index in [0.717, 1.165) is 31.5 Å². The minimum absolute atomic E-state index is 0.139. The number of anilines is 1. The van der Waals surface area contributed by atoms with Gasteiger partial charge in [0.25, 0.3) is 0 Å². The van der Waals surface area contributed by atoms with Crippen molar-refractivity contribution in [2.24, 2.45) is 0 Å². The third-order valence-electron chi connectivity index (χ3n) is 4.86. The van der Waals surface area contributed by atoms with Crippen molar-refractivity contribution < 1.29 is 17.9 Å². The number of sulfonamides is 1. The van der Waals surface area contributed by atoms with Gasteiger partial charge in [-0.15, -0.1) is 0 Å². The number of hydrogen-bond donors (Lipinski definition) is 0. The van der Waals surface area contributed by atoms with Gasteiger partial charge in [0.1, 0.15) is 10.6 Å². The second-order valence-corrected chi connectivity index (χ2v) is 8.63.